The quantitative estimate of drug-likeness (QED) is 0.572. The van der Waals surface area contributed by atoms with Crippen molar-refractivity contribution in [2.45, 2.75) is 19.8 Å². The summed E-state index contributed by atoms with van der Waals surface area (Å²) in [6.07, 6.45) is 3.02. The molecule has 0 bridgehead atoms. The molecule has 0 amide bonds. The minimum atomic E-state index is -1.02. The Morgan fingerprint density at radius 1 is 1.00 bits per heavy atom. The molecule has 0 saturated heterocycles. The lowest BCUT2D eigenvalue weighted by molar-refractivity contribution is 0.104. The van der Waals surface area contributed by atoms with Gasteiger partial charge in [-0.05, 0) is 41.3 Å². The third-order valence-electron chi connectivity index (χ3n) is 3.23. The monoisotopic (exact) mass is 286 g/mol. The molecule has 0 fully saturated rings. The normalized spacial score (nSPS) is 11.3. The number of hydrogen-bond acceptors (Lipinski definition) is 1. The second-order valence-corrected chi connectivity index (χ2v) is 5.15. The maximum Gasteiger partial charge on any atom is 0.185 e. The molecule has 0 spiro atoms. The third-order valence-corrected chi connectivity index (χ3v) is 3.23. The van der Waals surface area contributed by atoms with Crippen molar-refractivity contribution >= 4 is 11.9 Å². The van der Waals surface area contributed by atoms with Gasteiger partial charge < -0.3 is 0 Å². The predicted molar refractivity (Wildman–Crippen MR) is 80.3 cm³/mol. The zero-order valence-electron chi connectivity index (χ0n) is 11.9. The fourth-order valence-corrected chi connectivity index (χ4v) is 1.91. The highest BCUT2D eigenvalue weighted by Gasteiger charge is 2.07. The molecule has 0 radical (unpaired) electrons. The van der Waals surface area contributed by atoms with E-state index in [1.54, 1.807) is 6.08 Å². The summed E-state index contributed by atoms with van der Waals surface area (Å²) in [5.74, 6) is -1.89. The Kier molecular flexibility index (Phi) is 4.63. The maximum atomic E-state index is 13.1. The summed E-state index contributed by atoms with van der Waals surface area (Å²) in [5, 5.41) is 0. The van der Waals surface area contributed by atoms with Crippen molar-refractivity contribution in [3.8, 4) is 0 Å². The molecule has 0 unspecified atom stereocenters. The SMILES string of the molecule is CC(C)c1ccc(/C=C/C(=O)c2ccc(F)c(F)c2)cc1. The van der Waals surface area contributed by atoms with Crippen LogP contribution in [0.2, 0.25) is 0 Å². The minimum absolute atomic E-state index is 0.129. The molecule has 2 rings (SSSR count). The van der Waals surface area contributed by atoms with Crippen LogP contribution >= 0.6 is 0 Å². The molecular formula is C18H16F2O. The Labute approximate surface area is 122 Å². The molecule has 0 aliphatic carbocycles. The summed E-state index contributed by atoms with van der Waals surface area (Å²) in [7, 11) is 0. The molecule has 0 saturated carbocycles. The van der Waals surface area contributed by atoms with E-state index in [0.717, 1.165) is 17.7 Å². The highest BCUT2D eigenvalue weighted by Crippen LogP contribution is 2.16. The number of benzene rings is 2. The molecule has 0 aliphatic heterocycles. The number of ketones is 1. The fraction of sp³-hybridized carbons (Fsp3) is 0.167. The first-order valence-corrected chi connectivity index (χ1v) is 6.75. The highest BCUT2D eigenvalue weighted by atomic mass is 19.2. The summed E-state index contributed by atoms with van der Waals surface area (Å²) < 4.78 is 25.9. The van der Waals surface area contributed by atoms with E-state index in [1.165, 1.54) is 17.7 Å². The third kappa shape index (κ3) is 3.85. The zero-order valence-corrected chi connectivity index (χ0v) is 11.9. The molecule has 0 aliphatic rings. The lowest BCUT2D eigenvalue weighted by atomic mass is 10.0. The van der Waals surface area contributed by atoms with Crippen LogP contribution in [0.4, 0.5) is 8.78 Å². The summed E-state index contributed by atoms with van der Waals surface area (Å²) in [6.45, 7) is 4.22. The van der Waals surface area contributed by atoms with Gasteiger partial charge in [0, 0.05) is 5.56 Å². The first kappa shape index (κ1) is 15.1. The van der Waals surface area contributed by atoms with Gasteiger partial charge in [-0.2, -0.15) is 0 Å². The van der Waals surface area contributed by atoms with Crippen LogP contribution < -0.4 is 0 Å². The van der Waals surface area contributed by atoms with Crippen molar-refractivity contribution in [3.63, 3.8) is 0 Å². The van der Waals surface area contributed by atoms with E-state index >= 15 is 0 Å². The van der Waals surface area contributed by atoms with Crippen molar-refractivity contribution in [1.29, 1.82) is 0 Å². The van der Waals surface area contributed by atoms with Gasteiger partial charge in [0.15, 0.2) is 17.4 Å². The van der Waals surface area contributed by atoms with E-state index < -0.39 is 11.6 Å². The largest absolute Gasteiger partial charge is 0.289 e. The van der Waals surface area contributed by atoms with Gasteiger partial charge in [0.25, 0.3) is 0 Å². The first-order chi connectivity index (χ1) is 9.97. The Morgan fingerprint density at radius 2 is 1.67 bits per heavy atom. The molecule has 1 nitrogen and oxygen atoms in total. The lowest BCUT2D eigenvalue weighted by Crippen LogP contribution is -1.96. The number of rotatable bonds is 4. The van der Waals surface area contributed by atoms with Gasteiger partial charge in [-0.3, -0.25) is 4.79 Å². The summed E-state index contributed by atoms with van der Waals surface area (Å²) in [6, 6.07) is 11.0. The molecule has 2 aromatic carbocycles. The van der Waals surface area contributed by atoms with Crippen LogP contribution in [0.3, 0.4) is 0 Å². The highest BCUT2D eigenvalue weighted by molar-refractivity contribution is 6.06. The number of hydrogen-bond donors (Lipinski definition) is 0. The average molecular weight is 286 g/mol. The van der Waals surface area contributed by atoms with Gasteiger partial charge in [0.1, 0.15) is 0 Å². The van der Waals surface area contributed by atoms with Crippen LogP contribution in [0.1, 0.15) is 41.3 Å². The number of allylic oxidation sites excluding steroid dienone is 1. The Hall–Kier alpha value is -2.29. The van der Waals surface area contributed by atoms with Crippen molar-refractivity contribution in [2.75, 3.05) is 0 Å². The fourth-order valence-electron chi connectivity index (χ4n) is 1.91. The second kappa shape index (κ2) is 6.44. The van der Waals surface area contributed by atoms with Crippen LogP contribution in [-0.2, 0) is 0 Å². The molecule has 21 heavy (non-hydrogen) atoms. The van der Waals surface area contributed by atoms with Crippen molar-refractivity contribution < 1.29 is 13.6 Å². The summed E-state index contributed by atoms with van der Waals surface area (Å²) >= 11 is 0. The molecule has 0 aromatic heterocycles. The van der Waals surface area contributed by atoms with Crippen LogP contribution in [0.15, 0.2) is 48.5 Å². The van der Waals surface area contributed by atoms with Gasteiger partial charge in [-0.25, -0.2) is 8.78 Å². The molecule has 0 N–H and O–H groups in total. The molecule has 108 valence electrons. The molecular weight excluding hydrogens is 270 g/mol. The van der Waals surface area contributed by atoms with Crippen LogP contribution in [0.5, 0.6) is 0 Å². The average Bonchev–Trinajstić information content (AvgIpc) is 2.48. The predicted octanol–water partition coefficient (Wildman–Crippen LogP) is 4.98. The van der Waals surface area contributed by atoms with Crippen LogP contribution in [0.25, 0.3) is 6.08 Å². The van der Waals surface area contributed by atoms with E-state index in [4.69, 9.17) is 0 Å². The van der Waals surface area contributed by atoms with E-state index in [-0.39, 0.29) is 11.3 Å². The van der Waals surface area contributed by atoms with Crippen LogP contribution in [0, 0.1) is 11.6 Å². The smallest absolute Gasteiger partial charge is 0.185 e. The van der Waals surface area contributed by atoms with Crippen molar-refractivity contribution in [2.24, 2.45) is 0 Å². The van der Waals surface area contributed by atoms with Gasteiger partial charge >= 0.3 is 0 Å². The van der Waals surface area contributed by atoms with Gasteiger partial charge in [-0.1, -0.05) is 44.2 Å². The number of carbonyl (C=O) groups is 1. The molecule has 2 aromatic rings. The number of carbonyl (C=O) groups excluding carboxylic acids is 1. The van der Waals surface area contributed by atoms with Gasteiger partial charge in [-0.15, -0.1) is 0 Å². The molecule has 0 heterocycles. The summed E-state index contributed by atoms with van der Waals surface area (Å²) in [4.78, 5) is 11.9. The van der Waals surface area contributed by atoms with E-state index in [2.05, 4.69) is 13.8 Å². The zero-order chi connectivity index (χ0) is 15.4. The molecule has 3 heteroatoms. The van der Waals surface area contributed by atoms with Crippen molar-refractivity contribution in [1.82, 2.24) is 0 Å². The first-order valence-electron chi connectivity index (χ1n) is 6.75. The lowest BCUT2D eigenvalue weighted by Gasteiger charge is -2.04. The van der Waals surface area contributed by atoms with E-state index in [9.17, 15) is 13.6 Å². The van der Waals surface area contributed by atoms with E-state index in [0.29, 0.717) is 5.92 Å². The topological polar surface area (TPSA) is 17.1 Å². The van der Waals surface area contributed by atoms with Crippen molar-refractivity contribution in [3.05, 3.63) is 76.9 Å². The Balaban J connectivity index is 2.12. The van der Waals surface area contributed by atoms with Gasteiger partial charge in [0.2, 0.25) is 0 Å². The van der Waals surface area contributed by atoms with E-state index in [1.807, 2.05) is 24.3 Å². The molecule has 0 atom stereocenters. The Morgan fingerprint density at radius 3 is 2.24 bits per heavy atom. The van der Waals surface area contributed by atoms with Gasteiger partial charge in [0.05, 0.1) is 0 Å². The Bertz CT molecular complexity index is 670. The van der Waals surface area contributed by atoms with Crippen LogP contribution in [-0.4, -0.2) is 5.78 Å². The number of halogens is 2. The second-order valence-electron chi connectivity index (χ2n) is 5.15. The summed E-state index contributed by atoms with van der Waals surface area (Å²) in [5.41, 5.74) is 2.23. The standard InChI is InChI=1S/C18H16F2O/c1-12(2)14-6-3-13(4-7-14)5-10-18(21)15-8-9-16(19)17(20)11-15/h3-12H,1-2H3/b10-5+. The maximum absolute atomic E-state index is 13.1. The minimum Gasteiger partial charge on any atom is -0.289 e.